The van der Waals surface area contributed by atoms with Crippen LogP contribution in [0.2, 0.25) is 0 Å². The van der Waals surface area contributed by atoms with Crippen molar-refractivity contribution < 1.29 is 22.4 Å². The highest BCUT2D eigenvalue weighted by Crippen LogP contribution is 2.24. The van der Waals surface area contributed by atoms with Crippen LogP contribution in [0.15, 0.2) is 51.3 Å². The number of rotatable bonds is 5. The van der Waals surface area contributed by atoms with Gasteiger partial charge in [0.1, 0.15) is 18.6 Å². The van der Waals surface area contributed by atoms with E-state index in [0.29, 0.717) is 17.1 Å². The van der Waals surface area contributed by atoms with Crippen LogP contribution in [0.25, 0.3) is 10.8 Å². The minimum Gasteiger partial charge on any atom is -0.455 e. The number of ether oxygens (including phenoxy) is 1. The van der Waals surface area contributed by atoms with E-state index < -0.39 is 16.0 Å². The van der Waals surface area contributed by atoms with E-state index in [1.165, 1.54) is 35.8 Å². The number of benzene rings is 1. The number of nitrogens with two attached hydrogens (primary N) is 1. The van der Waals surface area contributed by atoms with Gasteiger partial charge in [0.25, 0.3) is 0 Å². The Balaban J connectivity index is 1.71. The largest absolute Gasteiger partial charge is 0.455 e. The number of carbonyl (C=O) groups is 1. The molecule has 2 heterocycles. The lowest BCUT2D eigenvalue weighted by molar-refractivity contribution is 0.0467. The Morgan fingerprint density at radius 3 is 2.84 bits per heavy atom. The number of aromatic nitrogens is 1. The van der Waals surface area contributed by atoms with Crippen LogP contribution < -0.4 is 5.14 Å². The van der Waals surface area contributed by atoms with Crippen LogP contribution in [-0.4, -0.2) is 19.4 Å². The third-order valence-corrected chi connectivity index (χ3v) is 5.28. The lowest BCUT2D eigenvalue weighted by Gasteiger charge is -2.07. The van der Waals surface area contributed by atoms with Crippen molar-refractivity contribution >= 4 is 27.3 Å². The van der Waals surface area contributed by atoms with Crippen LogP contribution in [0.3, 0.4) is 0 Å². The smallest absolute Gasteiger partial charge is 0.338 e. The molecular weight excluding hydrogens is 364 g/mol. The number of nitrogens with zero attached hydrogens (tertiary/aromatic N) is 1. The van der Waals surface area contributed by atoms with Crippen molar-refractivity contribution in [2.75, 3.05) is 0 Å². The molecule has 0 spiro atoms. The summed E-state index contributed by atoms with van der Waals surface area (Å²) in [6.45, 7) is 1.50. The summed E-state index contributed by atoms with van der Waals surface area (Å²) in [4.78, 5) is 17.1. The molecule has 1 aromatic carbocycles. The number of hydrogen-bond acceptors (Lipinski definition) is 7. The average molecular weight is 378 g/mol. The third-order valence-electron chi connectivity index (χ3n) is 3.37. The monoisotopic (exact) mass is 378 g/mol. The van der Waals surface area contributed by atoms with Gasteiger partial charge in [-0.15, -0.1) is 11.3 Å². The van der Waals surface area contributed by atoms with Gasteiger partial charge in [0.05, 0.1) is 15.3 Å². The summed E-state index contributed by atoms with van der Waals surface area (Å²) in [6, 6.07) is 7.93. The predicted molar refractivity (Wildman–Crippen MR) is 91.5 cm³/mol. The van der Waals surface area contributed by atoms with E-state index >= 15 is 0 Å². The van der Waals surface area contributed by atoms with Gasteiger partial charge in [-0.25, -0.2) is 23.3 Å². The number of hydrogen-bond donors (Lipinski definition) is 1. The standard InChI is InChI=1S/C16H14N2O5S2/c1-10-4-5-11(7-14(10)25(17,20)21)16(19)23-9-12-8-22-15(18-12)13-3-2-6-24-13/h2-8H,9H2,1H3,(H2,17,20,21). The van der Waals surface area contributed by atoms with Crippen LogP contribution in [-0.2, 0) is 21.4 Å². The van der Waals surface area contributed by atoms with Gasteiger partial charge in [0, 0.05) is 0 Å². The maximum absolute atomic E-state index is 12.1. The predicted octanol–water partition coefficient (Wildman–Crippen LogP) is 2.72. The van der Waals surface area contributed by atoms with Gasteiger partial charge in [-0.3, -0.25) is 0 Å². The minimum absolute atomic E-state index is 0.0910. The molecule has 0 aliphatic heterocycles. The third kappa shape index (κ3) is 3.95. The number of primary sulfonamides is 1. The number of esters is 1. The molecule has 0 aliphatic rings. The molecular formula is C16H14N2O5S2. The van der Waals surface area contributed by atoms with Gasteiger partial charge in [0.15, 0.2) is 0 Å². The van der Waals surface area contributed by atoms with E-state index in [4.69, 9.17) is 14.3 Å². The zero-order chi connectivity index (χ0) is 18.0. The molecule has 3 rings (SSSR count). The number of thiophene rings is 1. The Morgan fingerprint density at radius 1 is 1.36 bits per heavy atom. The van der Waals surface area contributed by atoms with Crippen molar-refractivity contribution in [3.05, 3.63) is 58.8 Å². The van der Waals surface area contributed by atoms with Gasteiger partial charge < -0.3 is 9.15 Å². The molecule has 25 heavy (non-hydrogen) atoms. The van der Waals surface area contributed by atoms with E-state index in [2.05, 4.69) is 4.98 Å². The van der Waals surface area contributed by atoms with Gasteiger partial charge in [-0.1, -0.05) is 12.1 Å². The van der Waals surface area contributed by atoms with Crippen LogP contribution in [0, 0.1) is 6.92 Å². The summed E-state index contributed by atoms with van der Waals surface area (Å²) in [6.07, 6.45) is 1.41. The lowest BCUT2D eigenvalue weighted by atomic mass is 10.1. The molecule has 0 radical (unpaired) electrons. The van der Waals surface area contributed by atoms with Crippen molar-refractivity contribution in [3.8, 4) is 10.8 Å². The molecule has 7 nitrogen and oxygen atoms in total. The quantitative estimate of drug-likeness (QED) is 0.683. The molecule has 2 aromatic heterocycles. The van der Waals surface area contributed by atoms with E-state index in [0.717, 1.165) is 4.88 Å². The molecule has 0 fully saturated rings. The summed E-state index contributed by atoms with van der Waals surface area (Å²) >= 11 is 1.48. The summed E-state index contributed by atoms with van der Waals surface area (Å²) in [5.41, 5.74) is 1.00. The number of aryl methyl sites for hydroxylation is 1. The van der Waals surface area contributed by atoms with Crippen molar-refractivity contribution in [2.45, 2.75) is 18.4 Å². The fourth-order valence-electron chi connectivity index (χ4n) is 2.14. The molecule has 3 aromatic rings. The molecule has 9 heteroatoms. The Bertz CT molecular complexity index is 1010. The fourth-order valence-corrected chi connectivity index (χ4v) is 3.61. The zero-order valence-electron chi connectivity index (χ0n) is 13.1. The second kappa shape index (κ2) is 6.79. The van der Waals surface area contributed by atoms with Crippen LogP contribution in [0.4, 0.5) is 0 Å². The zero-order valence-corrected chi connectivity index (χ0v) is 14.8. The fraction of sp³-hybridized carbons (Fsp3) is 0.125. The minimum atomic E-state index is -3.91. The molecule has 2 N–H and O–H groups in total. The maximum Gasteiger partial charge on any atom is 0.338 e. The van der Waals surface area contributed by atoms with Crippen LogP contribution in [0.5, 0.6) is 0 Å². The first-order valence-corrected chi connectivity index (χ1v) is 9.56. The lowest BCUT2D eigenvalue weighted by Crippen LogP contribution is -2.15. The Hall–Kier alpha value is -2.49. The highest BCUT2D eigenvalue weighted by atomic mass is 32.2. The number of sulfonamides is 1. The van der Waals surface area contributed by atoms with Gasteiger partial charge in [0.2, 0.25) is 15.9 Å². The molecule has 0 amide bonds. The first-order chi connectivity index (χ1) is 11.8. The van der Waals surface area contributed by atoms with Gasteiger partial charge in [-0.05, 0) is 36.1 Å². The van der Waals surface area contributed by atoms with E-state index in [1.54, 1.807) is 6.92 Å². The molecule has 0 saturated carbocycles. The van der Waals surface area contributed by atoms with Crippen LogP contribution in [0.1, 0.15) is 21.6 Å². The normalized spacial score (nSPS) is 11.4. The molecule has 0 aliphatic carbocycles. The highest BCUT2D eigenvalue weighted by molar-refractivity contribution is 7.89. The van der Waals surface area contributed by atoms with E-state index in [-0.39, 0.29) is 17.1 Å². The Labute approximate surface area is 148 Å². The second-order valence-electron chi connectivity index (χ2n) is 5.22. The molecule has 0 atom stereocenters. The number of oxazole rings is 1. The molecule has 0 bridgehead atoms. The molecule has 130 valence electrons. The van der Waals surface area contributed by atoms with Crippen molar-refractivity contribution in [1.82, 2.24) is 4.98 Å². The Kier molecular flexibility index (Phi) is 4.71. The summed E-state index contributed by atoms with van der Waals surface area (Å²) < 4.78 is 33.6. The topological polar surface area (TPSA) is 112 Å². The Morgan fingerprint density at radius 2 is 2.16 bits per heavy atom. The van der Waals surface area contributed by atoms with Crippen molar-refractivity contribution in [3.63, 3.8) is 0 Å². The maximum atomic E-state index is 12.1. The van der Waals surface area contributed by atoms with Crippen molar-refractivity contribution in [2.24, 2.45) is 5.14 Å². The van der Waals surface area contributed by atoms with Crippen molar-refractivity contribution in [1.29, 1.82) is 0 Å². The highest BCUT2D eigenvalue weighted by Gasteiger charge is 2.17. The average Bonchev–Trinajstić information content (AvgIpc) is 3.23. The van der Waals surface area contributed by atoms with Crippen LogP contribution >= 0.6 is 11.3 Å². The molecule has 0 saturated heterocycles. The van der Waals surface area contributed by atoms with Gasteiger partial charge in [-0.2, -0.15) is 0 Å². The summed E-state index contributed by atoms with van der Waals surface area (Å²) in [7, 11) is -3.91. The second-order valence-corrected chi connectivity index (χ2v) is 7.70. The van der Waals surface area contributed by atoms with Gasteiger partial charge >= 0.3 is 5.97 Å². The summed E-state index contributed by atoms with van der Waals surface area (Å²) in [5.74, 6) is -0.224. The first-order valence-electron chi connectivity index (χ1n) is 7.13. The van der Waals surface area contributed by atoms with E-state index in [1.807, 2.05) is 17.5 Å². The molecule has 0 unspecified atom stereocenters. The number of carbonyl (C=O) groups excluding carboxylic acids is 1. The summed E-state index contributed by atoms with van der Waals surface area (Å²) in [5, 5.41) is 7.04. The van der Waals surface area contributed by atoms with E-state index in [9.17, 15) is 13.2 Å². The SMILES string of the molecule is Cc1ccc(C(=O)OCc2coc(-c3cccs3)n2)cc1S(N)(=O)=O. The first kappa shape index (κ1) is 17.3.